The van der Waals surface area contributed by atoms with Gasteiger partial charge in [-0.05, 0) is 56.6 Å². The van der Waals surface area contributed by atoms with Gasteiger partial charge in [0.1, 0.15) is 17.1 Å². The molecule has 1 aromatic heterocycles. The minimum Gasteiger partial charge on any atom is -0.508 e. The van der Waals surface area contributed by atoms with E-state index >= 15 is 0 Å². The molecular weight excluding hydrogens is 342 g/mol. The van der Waals surface area contributed by atoms with E-state index in [9.17, 15) is 9.90 Å². The van der Waals surface area contributed by atoms with Crippen molar-refractivity contribution in [1.82, 2.24) is 4.90 Å². The Labute approximate surface area is 158 Å². The maximum absolute atomic E-state index is 11.9. The standard InChI is InChI=1S/C22H25NO4/c1-15-7-4-5-8-20(15)26-12-6-11-23(3)14-17-13-21(25)27-22-16(2)19(24)10-9-18(17)22/h4-5,7-10,13,24H,6,11-12,14H2,1-3H3. The van der Waals surface area contributed by atoms with E-state index < -0.39 is 5.63 Å². The molecule has 1 N–H and O–H groups in total. The Bertz CT molecular complexity index is 993. The summed E-state index contributed by atoms with van der Waals surface area (Å²) >= 11 is 0. The minimum absolute atomic E-state index is 0.129. The third kappa shape index (κ3) is 4.49. The maximum atomic E-state index is 11.9. The van der Waals surface area contributed by atoms with E-state index in [-0.39, 0.29) is 5.75 Å². The summed E-state index contributed by atoms with van der Waals surface area (Å²) in [7, 11) is 2.02. The van der Waals surface area contributed by atoms with E-state index in [1.54, 1.807) is 19.1 Å². The van der Waals surface area contributed by atoms with Crippen LogP contribution >= 0.6 is 0 Å². The number of aryl methyl sites for hydroxylation is 2. The first-order valence-corrected chi connectivity index (χ1v) is 9.08. The molecule has 142 valence electrons. The fourth-order valence-corrected chi connectivity index (χ4v) is 3.15. The molecule has 3 rings (SSSR count). The SMILES string of the molecule is Cc1ccccc1OCCCN(C)Cc1cc(=O)oc2c(C)c(O)ccc12. The summed E-state index contributed by atoms with van der Waals surface area (Å²) in [6.07, 6.45) is 0.879. The van der Waals surface area contributed by atoms with Gasteiger partial charge in [-0.2, -0.15) is 0 Å². The van der Waals surface area contributed by atoms with Crippen LogP contribution < -0.4 is 10.4 Å². The molecule has 1 heterocycles. The lowest BCUT2D eigenvalue weighted by molar-refractivity contribution is 0.258. The Kier molecular flexibility index (Phi) is 5.81. The average Bonchev–Trinajstić information content (AvgIpc) is 2.63. The molecule has 0 fully saturated rings. The quantitative estimate of drug-likeness (QED) is 0.505. The van der Waals surface area contributed by atoms with Crippen LogP contribution in [-0.2, 0) is 6.54 Å². The molecule has 0 aliphatic carbocycles. The summed E-state index contributed by atoms with van der Waals surface area (Å²) in [5.41, 5.74) is 2.66. The van der Waals surface area contributed by atoms with Gasteiger partial charge in [0.05, 0.1) is 6.61 Å². The second-order valence-electron chi connectivity index (χ2n) is 6.88. The minimum atomic E-state index is -0.400. The number of fused-ring (bicyclic) bond motifs is 1. The Balaban J connectivity index is 1.63. The highest BCUT2D eigenvalue weighted by Gasteiger charge is 2.12. The van der Waals surface area contributed by atoms with Gasteiger partial charge >= 0.3 is 5.63 Å². The summed E-state index contributed by atoms with van der Waals surface area (Å²) in [4.78, 5) is 14.1. The van der Waals surface area contributed by atoms with Gasteiger partial charge in [-0.25, -0.2) is 4.79 Å². The molecule has 5 heteroatoms. The Hall–Kier alpha value is -2.79. The highest BCUT2D eigenvalue weighted by atomic mass is 16.5. The molecule has 0 unspecified atom stereocenters. The molecule has 0 aliphatic heterocycles. The zero-order valence-electron chi connectivity index (χ0n) is 16.0. The number of phenols is 1. The predicted molar refractivity (Wildman–Crippen MR) is 107 cm³/mol. The van der Waals surface area contributed by atoms with E-state index in [2.05, 4.69) is 4.90 Å². The molecule has 0 saturated heterocycles. The lowest BCUT2D eigenvalue weighted by Crippen LogP contribution is -2.21. The van der Waals surface area contributed by atoms with Crippen LogP contribution in [0.15, 0.2) is 51.7 Å². The normalized spacial score (nSPS) is 11.3. The topological polar surface area (TPSA) is 62.9 Å². The van der Waals surface area contributed by atoms with Gasteiger partial charge in [0, 0.05) is 30.1 Å². The van der Waals surface area contributed by atoms with Gasteiger partial charge in [0.2, 0.25) is 0 Å². The van der Waals surface area contributed by atoms with Crippen LogP contribution in [0.1, 0.15) is 23.1 Å². The molecule has 0 amide bonds. The zero-order valence-corrected chi connectivity index (χ0v) is 16.0. The smallest absolute Gasteiger partial charge is 0.336 e. The molecule has 0 spiro atoms. The van der Waals surface area contributed by atoms with Crippen molar-refractivity contribution in [3.63, 3.8) is 0 Å². The van der Waals surface area contributed by atoms with Crippen molar-refractivity contribution in [2.45, 2.75) is 26.8 Å². The lowest BCUT2D eigenvalue weighted by atomic mass is 10.1. The number of phenolic OH excluding ortho intramolecular Hbond substituents is 1. The molecule has 0 radical (unpaired) electrons. The Morgan fingerprint density at radius 1 is 1.15 bits per heavy atom. The van der Waals surface area contributed by atoms with Gasteiger partial charge in [-0.3, -0.25) is 0 Å². The molecule has 0 aliphatic rings. The number of aromatic hydroxyl groups is 1. The van der Waals surface area contributed by atoms with Gasteiger partial charge < -0.3 is 19.2 Å². The number of benzene rings is 2. The zero-order chi connectivity index (χ0) is 19.4. The highest BCUT2D eigenvalue weighted by molar-refractivity contribution is 5.84. The molecular formula is C22H25NO4. The second kappa shape index (κ2) is 8.27. The number of hydrogen-bond acceptors (Lipinski definition) is 5. The summed E-state index contributed by atoms with van der Waals surface area (Å²) in [5, 5.41) is 10.7. The van der Waals surface area contributed by atoms with Gasteiger partial charge in [0.25, 0.3) is 0 Å². The van der Waals surface area contributed by atoms with Crippen molar-refractivity contribution in [2.75, 3.05) is 20.2 Å². The molecule has 0 bridgehead atoms. The fourth-order valence-electron chi connectivity index (χ4n) is 3.15. The van der Waals surface area contributed by atoms with Crippen molar-refractivity contribution < 1.29 is 14.3 Å². The van der Waals surface area contributed by atoms with E-state index in [1.807, 2.05) is 38.2 Å². The fraction of sp³-hybridized carbons (Fsp3) is 0.318. The van der Waals surface area contributed by atoms with Crippen LogP contribution in [0.25, 0.3) is 11.0 Å². The number of ether oxygens (including phenoxy) is 1. The molecule has 27 heavy (non-hydrogen) atoms. The van der Waals surface area contributed by atoms with Gasteiger partial charge in [0.15, 0.2) is 0 Å². The molecule has 5 nitrogen and oxygen atoms in total. The van der Waals surface area contributed by atoms with Gasteiger partial charge in [-0.1, -0.05) is 18.2 Å². The highest BCUT2D eigenvalue weighted by Crippen LogP contribution is 2.27. The predicted octanol–water partition coefficient (Wildman–Crippen LogP) is 4.02. The first-order valence-electron chi connectivity index (χ1n) is 9.08. The van der Waals surface area contributed by atoms with Gasteiger partial charge in [-0.15, -0.1) is 0 Å². The van der Waals surface area contributed by atoms with E-state index in [0.717, 1.165) is 35.2 Å². The summed E-state index contributed by atoms with van der Waals surface area (Å²) in [5.74, 6) is 1.05. The van der Waals surface area contributed by atoms with Crippen LogP contribution in [0.5, 0.6) is 11.5 Å². The van der Waals surface area contributed by atoms with Crippen LogP contribution in [0.4, 0.5) is 0 Å². The Morgan fingerprint density at radius 3 is 2.70 bits per heavy atom. The largest absolute Gasteiger partial charge is 0.508 e. The monoisotopic (exact) mass is 367 g/mol. The maximum Gasteiger partial charge on any atom is 0.336 e. The molecule has 2 aromatic carbocycles. The van der Waals surface area contributed by atoms with Crippen LogP contribution in [0.2, 0.25) is 0 Å². The third-order valence-corrected chi connectivity index (χ3v) is 4.69. The first-order chi connectivity index (χ1) is 13.0. The van der Waals surface area contributed by atoms with Crippen molar-refractivity contribution in [2.24, 2.45) is 0 Å². The molecule has 0 atom stereocenters. The summed E-state index contributed by atoms with van der Waals surface area (Å²) in [6.45, 7) is 5.88. The van der Waals surface area contributed by atoms with E-state index in [1.165, 1.54) is 6.07 Å². The lowest BCUT2D eigenvalue weighted by Gasteiger charge is -2.18. The van der Waals surface area contributed by atoms with Crippen LogP contribution in [-0.4, -0.2) is 30.2 Å². The molecule has 3 aromatic rings. The number of rotatable bonds is 7. The Morgan fingerprint density at radius 2 is 1.93 bits per heavy atom. The summed E-state index contributed by atoms with van der Waals surface area (Å²) < 4.78 is 11.1. The van der Waals surface area contributed by atoms with Crippen molar-refractivity contribution in [3.05, 3.63) is 69.6 Å². The van der Waals surface area contributed by atoms with Crippen LogP contribution in [0.3, 0.4) is 0 Å². The second-order valence-corrected chi connectivity index (χ2v) is 6.88. The number of nitrogens with zero attached hydrogens (tertiary/aromatic N) is 1. The van der Waals surface area contributed by atoms with Crippen molar-refractivity contribution >= 4 is 11.0 Å². The number of para-hydroxylation sites is 1. The van der Waals surface area contributed by atoms with Crippen molar-refractivity contribution in [3.8, 4) is 11.5 Å². The van der Waals surface area contributed by atoms with E-state index in [4.69, 9.17) is 9.15 Å². The van der Waals surface area contributed by atoms with E-state index in [0.29, 0.717) is 24.3 Å². The molecule has 0 saturated carbocycles. The van der Waals surface area contributed by atoms with Crippen LogP contribution in [0, 0.1) is 13.8 Å². The summed E-state index contributed by atoms with van der Waals surface area (Å²) in [6, 6.07) is 12.9. The number of hydrogen-bond donors (Lipinski definition) is 1. The first kappa shape index (κ1) is 19.0. The third-order valence-electron chi connectivity index (χ3n) is 4.69. The average molecular weight is 367 g/mol. The van der Waals surface area contributed by atoms with Crippen molar-refractivity contribution in [1.29, 1.82) is 0 Å².